The summed E-state index contributed by atoms with van der Waals surface area (Å²) in [5.41, 5.74) is 1.86. The third-order valence-corrected chi connectivity index (χ3v) is 4.41. The fourth-order valence-electron chi connectivity index (χ4n) is 2.87. The highest BCUT2D eigenvalue weighted by Gasteiger charge is 2.09. The van der Waals surface area contributed by atoms with Gasteiger partial charge in [-0.3, -0.25) is 9.59 Å². The lowest BCUT2D eigenvalue weighted by Gasteiger charge is -2.18. The Bertz CT molecular complexity index is 764. The first kappa shape index (κ1) is 22.6. The van der Waals surface area contributed by atoms with E-state index in [0.717, 1.165) is 36.3 Å². The van der Waals surface area contributed by atoms with Gasteiger partial charge in [-0.2, -0.15) is 0 Å². The summed E-state index contributed by atoms with van der Waals surface area (Å²) in [7, 11) is 1.37. The summed E-state index contributed by atoms with van der Waals surface area (Å²) < 4.78 is 10.6. The van der Waals surface area contributed by atoms with Crippen molar-refractivity contribution in [3.63, 3.8) is 0 Å². The first-order valence-electron chi connectivity index (χ1n) is 9.91. The second-order valence-corrected chi connectivity index (χ2v) is 6.81. The van der Waals surface area contributed by atoms with Crippen LogP contribution in [0.1, 0.15) is 29.3 Å². The van der Waals surface area contributed by atoms with Crippen LogP contribution in [0.15, 0.2) is 54.6 Å². The fraction of sp³-hybridized carbons (Fsp3) is 0.391. The van der Waals surface area contributed by atoms with Crippen molar-refractivity contribution < 1.29 is 19.1 Å². The van der Waals surface area contributed by atoms with Gasteiger partial charge in [-0.1, -0.05) is 48.5 Å². The van der Waals surface area contributed by atoms with Crippen molar-refractivity contribution in [2.75, 3.05) is 33.3 Å². The molecule has 0 aromatic heterocycles. The average Bonchev–Trinajstić information content (AvgIpc) is 2.75. The van der Waals surface area contributed by atoms with Crippen molar-refractivity contribution in [2.45, 2.75) is 25.9 Å². The van der Waals surface area contributed by atoms with E-state index in [-0.39, 0.29) is 24.4 Å². The van der Waals surface area contributed by atoms with Crippen molar-refractivity contribution in [3.05, 3.63) is 65.7 Å². The summed E-state index contributed by atoms with van der Waals surface area (Å²) in [5, 5.41) is 6.23. The van der Waals surface area contributed by atoms with E-state index >= 15 is 0 Å². The van der Waals surface area contributed by atoms with Gasteiger partial charge in [0, 0.05) is 12.1 Å². The summed E-state index contributed by atoms with van der Waals surface area (Å²) in [6, 6.07) is 17.3. The van der Waals surface area contributed by atoms with Crippen molar-refractivity contribution in [2.24, 2.45) is 0 Å². The van der Waals surface area contributed by atoms with E-state index in [0.29, 0.717) is 13.1 Å². The monoisotopic (exact) mass is 398 g/mol. The van der Waals surface area contributed by atoms with E-state index < -0.39 is 0 Å². The van der Waals surface area contributed by atoms with Gasteiger partial charge in [0.25, 0.3) is 0 Å². The van der Waals surface area contributed by atoms with Crippen LogP contribution in [-0.2, 0) is 16.0 Å². The smallest absolute Gasteiger partial charge is 0.319 e. The molecule has 2 aromatic rings. The Morgan fingerprint density at radius 2 is 1.69 bits per heavy atom. The number of methoxy groups -OCH3 is 1. The molecule has 1 atom stereocenters. The molecule has 6 heteroatoms. The highest BCUT2D eigenvalue weighted by atomic mass is 16.5. The Hall–Kier alpha value is -2.70. The van der Waals surface area contributed by atoms with Gasteiger partial charge in [0.2, 0.25) is 0 Å². The van der Waals surface area contributed by atoms with E-state index in [2.05, 4.69) is 21.4 Å². The molecule has 0 bridgehead atoms. The molecule has 0 radical (unpaired) electrons. The first-order chi connectivity index (χ1) is 14.1. The molecule has 156 valence electrons. The van der Waals surface area contributed by atoms with Gasteiger partial charge in [0.05, 0.1) is 20.2 Å². The number of rotatable bonds is 13. The average molecular weight is 399 g/mol. The van der Waals surface area contributed by atoms with Crippen LogP contribution in [0.3, 0.4) is 0 Å². The molecule has 0 aliphatic heterocycles. The van der Waals surface area contributed by atoms with Crippen LogP contribution in [0.2, 0.25) is 0 Å². The molecular weight excluding hydrogens is 368 g/mol. The van der Waals surface area contributed by atoms with Crippen LogP contribution < -0.4 is 15.4 Å². The summed E-state index contributed by atoms with van der Waals surface area (Å²) in [6.45, 7) is 3.76. The summed E-state index contributed by atoms with van der Waals surface area (Å²) >= 11 is 0. The second kappa shape index (κ2) is 12.7. The summed E-state index contributed by atoms with van der Waals surface area (Å²) in [6.07, 6.45) is 1.67. The number of Topliss-reactive ketones (excluding diaryl/α,β-unsaturated/α-hetero) is 1. The quantitative estimate of drug-likeness (QED) is 0.307. The number of aryl methyl sites for hydroxylation is 1. The van der Waals surface area contributed by atoms with E-state index in [4.69, 9.17) is 4.74 Å². The van der Waals surface area contributed by atoms with Crippen molar-refractivity contribution in [1.29, 1.82) is 0 Å². The van der Waals surface area contributed by atoms with E-state index in [1.165, 1.54) is 7.11 Å². The molecule has 0 aliphatic carbocycles. The van der Waals surface area contributed by atoms with Gasteiger partial charge in [-0.25, -0.2) is 0 Å². The Balaban J connectivity index is 1.71. The minimum atomic E-state index is -0.296. The molecule has 0 fully saturated rings. The Morgan fingerprint density at radius 1 is 0.966 bits per heavy atom. The van der Waals surface area contributed by atoms with Crippen molar-refractivity contribution in [1.82, 2.24) is 10.6 Å². The molecule has 0 spiro atoms. The molecule has 29 heavy (non-hydrogen) atoms. The minimum absolute atomic E-state index is 0.0811. The zero-order valence-corrected chi connectivity index (χ0v) is 17.1. The number of esters is 1. The molecule has 2 N–H and O–H groups in total. The topological polar surface area (TPSA) is 76.7 Å². The molecule has 0 unspecified atom stereocenters. The SMILES string of the molecule is COC(=O)CNC[C@@H](C)Oc1ccccc1CCCNCC(=O)c1ccccc1. The van der Waals surface area contributed by atoms with E-state index in [1.807, 2.05) is 55.5 Å². The normalized spacial score (nSPS) is 11.7. The molecule has 2 rings (SSSR count). The zero-order valence-electron chi connectivity index (χ0n) is 17.1. The lowest BCUT2D eigenvalue weighted by Crippen LogP contribution is -2.33. The van der Waals surface area contributed by atoms with Crippen LogP contribution in [0.25, 0.3) is 0 Å². The lowest BCUT2D eigenvalue weighted by molar-refractivity contribution is -0.139. The largest absolute Gasteiger partial charge is 0.489 e. The number of nitrogens with one attached hydrogen (secondary N) is 2. The number of para-hydroxylation sites is 1. The summed E-state index contributed by atoms with van der Waals surface area (Å²) in [5.74, 6) is 0.652. The molecule has 0 saturated carbocycles. The third-order valence-electron chi connectivity index (χ3n) is 4.41. The second-order valence-electron chi connectivity index (χ2n) is 6.81. The van der Waals surface area contributed by atoms with Gasteiger partial charge in [-0.15, -0.1) is 0 Å². The maximum Gasteiger partial charge on any atom is 0.319 e. The number of ether oxygens (including phenoxy) is 2. The molecule has 0 aliphatic rings. The number of benzene rings is 2. The standard InChI is InChI=1S/C23H30N2O4/c1-18(15-25-17-23(27)28-2)29-22-13-7-6-11-20(22)12-8-14-24-16-21(26)19-9-4-3-5-10-19/h3-7,9-11,13,18,24-25H,8,12,14-17H2,1-2H3/t18-/m1/s1. The Morgan fingerprint density at radius 3 is 2.45 bits per heavy atom. The highest BCUT2D eigenvalue weighted by Crippen LogP contribution is 2.20. The molecule has 0 saturated heterocycles. The van der Waals surface area contributed by atoms with Gasteiger partial charge in [0.1, 0.15) is 11.9 Å². The predicted octanol–water partition coefficient (Wildman–Crippen LogP) is 2.62. The number of carbonyl (C=O) groups excluding carboxylic acids is 2. The number of carbonyl (C=O) groups is 2. The molecule has 0 amide bonds. The number of hydrogen-bond donors (Lipinski definition) is 2. The van der Waals surface area contributed by atoms with Crippen molar-refractivity contribution >= 4 is 11.8 Å². The van der Waals surface area contributed by atoms with Gasteiger partial charge < -0.3 is 20.1 Å². The van der Waals surface area contributed by atoms with Gasteiger partial charge >= 0.3 is 5.97 Å². The molecule has 2 aromatic carbocycles. The lowest BCUT2D eigenvalue weighted by atomic mass is 10.1. The van der Waals surface area contributed by atoms with Gasteiger partial charge in [0.15, 0.2) is 5.78 Å². The predicted molar refractivity (Wildman–Crippen MR) is 113 cm³/mol. The number of ketones is 1. The fourth-order valence-corrected chi connectivity index (χ4v) is 2.87. The third kappa shape index (κ3) is 8.46. The number of hydrogen-bond acceptors (Lipinski definition) is 6. The first-order valence-corrected chi connectivity index (χ1v) is 9.91. The molecule has 6 nitrogen and oxygen atoms in total. The minimum Gasteiger partial charge on any atom is -0.489 e. The molecule has 0 heterocycles. The van der Waals surface area contributed by atoms with E-state index in [1.54, 1.807) is 0 Å². The Kier molecular flexibility index (Phi) is 9.89. The van der Waals surface area contributed by atoms with Crippen LogP contribution in [0, 0.1) is 0 Å². The maximum atomic E-state index is 12.1. The molecular formula is C23H30N2O4. The summed E-state index contributed by atoms with van der Waals surface area (Å²) in [4.78, 5) is 23.2. The van der Waals surface area contributed by atoms with Crippen LogP contribution >= 0.6 is 0 Å². The van der Waals surface area contributed by atoms with Crippen molar-refractivity contribution in [3.8, 4) is 5.75 Å². The van der Waals surface area contributed by atoms with Crippen LogP contribution in [0.5, 0.6) is 5.75 Å². The van der Waals surface area contributed by atoms with Crippen LogP contribution in [0.4, 0.5) is 0 Å². The maximum absolute atomic E-state index is 12.1. The zero-order chi connectivity index (χ0) is 20.9. The van der Waals surface area contributed by atoms with Crippen LogP contribution in [-0.4, -0.2) is 51.1 Å². The highest BCUT2D eigenvalue weighted by molar-refractivity contribution is 5.97. The van der Waals surface area contributed by atoms with E-state index in [9.17, 15) is 9.59 Å². The van der Waals surface area contributed by atoms with Gasteiger partial charge in [-0.05, 0) is 37.9 Å². The Labute approximate surface area is 172 Å².